The van der Waals surface area contributed by atoms with Crippen molar-refractivity contribution in [3.05, 3.63) is 34.9 Å². The fraction of sp³-hybridized carbons (Fsp3) is 0.600. The van der Waals surface area contributed by atoms with Crippen LogP contribution in [0.25, 0.3) is 0 Å². The molecule has 3 heterocycles. The SMILES string of the molecule is CC(C)(C)CC(=O)N1CC[C@@H](OCCCCCC#Cc2cccc3c2CN(C2CCC(=O)NC2=O)C3=O)C1. The monoisotopic (exact) mass is 521 g/mol. The van der Waals surface area contributed by atoms with Crippen LogP contribution >= 0.6 is 0 Å². The van der Waals surface area contributed by atoms with Crippen molar-refractivity contribution in [3.8, 4) is 11.8 Å². The molecule has 8 heteroatoms. The van der Waals surface area contributed by atoms with Crippen molar-refractivity contribution in [2.75, 3.05) is 19.7 Å². The topological polar surface area (TPSA) is 96.0 Å². The lowest BCUT2D eigenvalue weighted by Gasteiger charge is -2.29. The van der Waals surface area contributed by atoms with Crippen molar-refractivity contribution in [3.63, 3.8) is 0 Å². The second-order valence-corrected chi connectivity index (χ2v) is 11.7. The quantitative estimate of drug-likeness (QED) is 0.321. The summed E-state index contributed by atoms with van der Waals surface area (Å²) >= 11 is 0. The molecule has 0 aromatic heterocycles. The van der Waals surface area contributed by atoms with Crippen LogP contribution in [0.15, 0.2) is 18.2 Å². The Hall–Kier alpha value is -3.18. The molecule has 0 bridgehead atoms. The smallest absolute Gasteiger partial charge is 0.255 e. The Bertz CT molecular complexity index is 1140. The highest BCUT2D eigenvalue weighted by atomic mass is 16.5. The summed E-state index contributed by atoms with van der Waals surface area (Å²) in [5, 5.41) is 2.34. The summed E-state index contributed by atoms with van der Waals surface area (Å²) in [5.41, 5.74) is 2.27. The van der Waals surface area contributed by atoms with E-state index in [1.54, 1.807) is 11.0 Å². The van der Waals surface area contributed by atoms with Gasteiger partial charge in [0.15, 0.2) is 0 Å². The summed E-state index contributed by atoms with van der Waals surface area (Å²) in [6.07, 6.45) is 5.91. The number of unbranched alkanes of at least 4 members (excludes halogenated alkanes) is 3. The van der Waals surface area contributed by atoms with Gasteiger partial charge in [-0.05, 0) is 48.8 Å². The standard InChI is InChI=1S/C30H39N3O5/c1-30(2,3)18-27(35)32-16-15-22(19-32)38-17-8-6-4-5-7-10-21-11-9-12-23-24(21)20-33(29(23)37)25-13-14-26(34)31-28(25)36/h9,11-12,22,25H,4-6,8,13-20H2,1-3H3,(H,31,34,36)/t22-,25?/m1/s1. The number of rotatable bonds is 8. The van der Waals surface area contributed by atoms with E-state index in [1.807, 2.05) is 17.0 Å². The zero-order valence-electron chi connectivity index (χ0n) is 22.8. The summed E-state index contributed by atoms with van der Waals surface area (Å²) in [6.45, 7) is 8.78. The number of benzene rings is 1. The van der Waals surface area contributed by atoms with Crippen LogP contribution in [-0.2, 0) is 25.7 Å². The molecule has 0 radical (unpaired) electrons. The Balaban J connectivity index is 1.17. The molecule has 8 nitrogen and oxygen atoms in total. The number of piperidine rings is 1. The molecule has 0 spiro atoms. The first-order chi connectivity index (χ1) is 18.1. The summed E-state index contributed by atoms with van der Waals surface area (Å²) in [4.78, 5) is 52.6. The van der Waals surface area contributed by atoms with Crippen molar-refractivity contribution in [1.29, 1.82) is 0 Å². The molecule has 3 aliphatic heterocycles. The second-order valence-electron chi connectivity index (χ2n) is 11.7. The zero-order valence-corrected chi connectivity index (χ0v) is 22.8. The third kappa shape index (κ3) is 7.02. The van der Waals surface area contributed by atoms with Gasteiger partial charge in [0.2, 0.25) is 17.7 Å². The van der Waals surface area contributed by atoms with Gasteiger partial charge in [-0.3, -0.25) is 24.5 Å². The van der Waals surface area contributed by atoms with Crippen molar-refractivity contribution in [2.45, 2.75) is 90.8 Å². The molecule has 2 atom stereocenters. The van der Waals surface area contributed by atoms with Gasteiger partial charge in [0.25, 0.3) is 5.91 Å². The first-order valence-electron chi connectivity index (χ1n) is 13.8. The molecule has 38 heavy (non-hydrogen) atoms. The molecule has 3 aliphatic rings. The third-order valence-electron chi connectivity index (χ3n) is 7.28. The Kier molecular flexibility index (Phi) is 8.88. The number of imide groups is 1. The fourth-order valence-corrected chi connectivity index (χ4v) is 5.26. The van der Waals surface area contributed by atoms with E-state index < -0.39 is 11.9 Å². The molecule has 204 valence electrons. The van der Waals surface area contributed by atoms with Crippen LogP contribution in [-0.4, -0.2) is 65.3 Å². The maximum atomic E-state index is 12.9. The Morgan fingerprint density at radius 1 is 1.13 bits per heavy atom. The molecular weight excluding hydrogens is 482 g/mol. The van der Waals surface area contributed by atoms with E-state index in [1.165, 1.54) is 0 Å². The van der Waals surface area contributed by atoms with Crippen LogP contribution in [0.2, 0.25) is 0 Å². The van der Waals surface area contributed by atoms with Gasteiger partial charge in [0.05, 0.1) is 6.10 Å². The van der Waals surface area contributed by atoms with E-state index in [0.717, 1.165) is 49.8 Å². The number of carbonyl (C=O) groups is 4. The summed E-state index contributed by atoms with van der Waals surface area (Å²) < 4.78 is 6.01. The Morgan fingerprint density at radius 2 is 1.95 bits per heavy atom. The van der Waals surface area contributed by atoms with E-state index in [4.69, 9.17) is 4.74 Å². The lowest BCUT2D eigenvalue weighted by Crippen LogP contribution is -2.52. The first kappa shape index (κ1) is 27.8. The van der Waals surface area contributed by atoms with E-state index >= 15 is 0 Å². The number of ether oxygens (including phenoxy) is 1. The molecule has 1 aromatic carbocycles. The minimum absolute atomic E-state index is 0.00698. The molecule has 4 rings (SSSR count). The third-order valence-corrected chi connectivity index (χ3v) is 7.28. The number of amides is 4. The van der Waals surface area contributed by atoms with Crippen molar-refractivity contribution >= 4 is 23.6 Å². The first-order valence-corrected chi connectivity index (χ1v) is 13.8. The van der Waals surface area contributed by atoms with Crippen LogP contribution in [0.4, 0.5) is 0 Å². The van der Waals surface area contributed by atoms with Crippen LogP contribution < -0.4 is 5.32 Å². The van der Waals surface area contributed by atoms with Gasteiger partial charge in [0, 0.05) is 56.6 Å². The van der Waals surface area contributed by atoms with Crippen molar-refractivity contribution in [2.24, 2.45) is 5.41 Å². The molecule has 1 unspecified atom stereocenters. The van der Waals surface area contributed by atoms with Crippen LogP contribution in [0.1, 0.15) is 93.6 Å². The number of hydrogen-bond acceptors (Lipinski definition) is 5. The number of hydrogen-bond donors (Lipinski definition) is 1. The van der Waals surface area contributed by atoms with Gasteiger partial charge in [-0.1, -0.05) is 45.1 Å². The van der Waals surface area contributed by atoms with Crippen LogP contribution in [0, 0.1) is 17.3 Å². The fourth-order valence-electron chi connectivity index (χ4n) is 5.26. The molecule has 0 saturated carbocycles. The van der Waals surface area contributed by atoms with Gasteiger partial charge in [0.1, 0.15) is 6.04 Å². The average molecular weight is 522 g/mol. The van der Waals surface area contributed by atoms with Crippen molar-refractivity contribution < 1.29 is 23.9 Å². The van der Waals surface area contributed by atoms with Crippen LogP contribution in [0.5, 0.6) is 0 Å². The maximum Gasteiger partial charge on any atom is 0.255 e. The molecular formula is C30H39N3O5. The lowest BCUT2D eigenvalue weighted by molar-refractivity contribution is -0.137. The lowest BCUT2D eigenvalue weighted by atomic mass is 9.92. The van der Waals surface area contributed by atoms with Gasteiger partial charge < -0.3 is 14.5 Å². The molecule has 2 saturated heterocycles. The Labute approximate surface area is 225 Å². The summed E-state index contributed by atoms with van der Waals surface area (Å²) in [7, 11) is 0. The molecule has 0 aliphatic carbocycles. The highest BCUT2D eigenvalue weighted by molar-refractivity contribution is 6.05. The molecule has 4 amide bonds. The van der Waals surface area contributed by atoms with Crippen molar-refractivity contribution in [1.82, 2.24) is 15.1 Å². The number of likely N-dealkylation sites (tertiary alicyclic amines) is 1. The molecule has 2 fully saturated rings. The minimum Gasteiger partial charge on any atom is -0.376 e. The van der Waals surface area contributed by atoms with Gasteiger partial charge >= 0.3 is 0 Å². The second kappa shape index (κ2) is 12.1. The molecule has 1 aromatic rings. The minimum atomic E-state index is -0.619. The highest BCUT2D eigenvalue weighted by Gasteiger charge is 2.39. The average Bonchev–Trinajstić information content (AvgIpc) is 3.45. The van der Waals surface area contributed by atoms with E-state index in [-0.39, 0.29) is 35.7 Å². The predicted molar refractivity (Wildman–Crippen MR) is 143 cm³/mol. The molecule has 1 N–H and O–H groups in total. The number of nitrogens with zero attached hydrogens (tertiary/aromatic N) is 2. The van der Waals surface area contributed by atoms with E-state index in [2.05, 4.69) is 37.9 Å². The number of carbonyl (C=O) groups excluding carboxylic acids is 4. The van der Waals surface area contributed by atoms with E-state index in [0.29, 0.717) is 38.1 Å². The Morgan fingerprint density at radius 3 is 2.71 bits per heavy atom. The highest BCUT2D eigenvalue weighted by Crippen LogP contribution is 2.29. The number of nitrogens with one attached hydrogen (secondary N) is 1. The normalized spacial score (nSPS) is 21.3. The zero-order chi connectivity index (χ0) is 27.3. The largest absolute Gasteiger partial charge is 0.376 e. The summed E-state index contributed by atoms with van der Waals surface area (Å²) in [6, 6.07) is 4.90. The van der Waals surface area contributed by atoms with Gasteiger partial charge in [-0.25, -0.2) is 0 Å². The maximum absolute atomic E-state index is 12.9. The van der Waals surface area contributed by atoms with E-state index in [9.17, 15) is 19.2 Å². The summed E-state index contributed by atoms with van der Waals surface area (Å²) in [5.74, 6) is 5.81. The number of fused-ring (bicyclic) bond motifs is 1. The van der Waals surface area contributed by atoms with Gasteiger partial charge in [-0.15, -0.1) is 0 Å². The van der Waals surface area contributed by atoms with Gasteiger partial charge in [-0.2, -0.15) is 0 Å². The van der Waals surface area contributed by atoms with Crippen LogP contribution in [0.3, 0.4) is 0 Å². The predicted octanol–water partition coefficient (Wildman–Crippen LogP) is 3.41.